The van der Waals surface area contributed by atoms with Gasteiger partial charge in [0.1, 0.15) is 6.54 Å². The number of para-hydroxylation sites is 1. The van der Waals surface area contributed by atoms with Crippen molar-refractivity contribution in [2.75, 3.05) is 16.8 Å². The molecule has 0 radical (unpaired) electrons. The van der Waals surface area contributed by atoms with Gasteiger partial charge in [-0.25, -0.2) is 0 Å². The number of carbonyl (C=O) groups excluding carboxylic acids is 2. The van der Waals surface area contributed by atoms with Gasteiger partial charge in [-0.1, -0.05) is 39.7 Å². The van der Waals surface area contributed by atoms with E-state index in [9.17, 15) is 9.59 Å². The quantitative estimate of drug-likeness (QED) is 0.867. The molecular formula is C16H14BrClN2O2. The lowest BCUT2D eigenvalue weighted by molar-refractivity contribution is -0.120. The largest absolute Gasteiger partial charge is 0.325 e. The van der Waals surface area contributed by atoms with Crippen molar-refractivity contribution in [3.63, 3.8) is 0 Å². The standard InChI is InChI=1S/C16H14BrClN2O2/c1-11(21)20(15-5-3-2-4-14(15)18)10-16(22)19-13-8-6-12(17)7-9-13/h2-9H,10H2,1H3,(H,19,22). The summed E-state index contributed by atoms with van der Waals surface area (Å²) in [6.45, 7) is 1.30. The fraction of sp³-hybridized carbons (Fsp3) is 0.125. The van der Waals surface area contributed by atoms with Gasteiger partial charge in [0.15, 0.2) is 0 Å². The smallest absolute Gasteiger partial charge is 0.244 e. The molecule has 0 saturated heterocycles. The molecule has 0 aliphatic rings. The van der Waals surface area contributed by atoms with Crippen LogP contribution in [-0.2, 0) is 9.59 Å². The van der Waals surface area contributed by atoms with E-state index in [1.807, 2.05) is 12.1 Å². The lowest BCUT2D eigenvalue weighted by Gasteiger charge is -2.21. The Balaban J connectivity index is 2.11. The number of hydrogen-bond acceptors (Lipinski definition) is 2. The number of hydrogen-bond donors (Lipinski definition) is 1. The van der Waals surface area contributed by atoms with E-state index < -0.39 is 0 Å². The summed E-state index contributed by atoms with van der Waals surface area (Å²) in [4.78, 5) is 25.3. The first-order valence-electron chi connectivity index (χ1n) is 6.55. The van der Waals surface area contributed by atoms with Crippen molar-refractivity contribution in [2.24, 2.45) is 0 Å². The van der Waals surface area contributed by atoms with E-state index in [-0.39, 0.29) is 18.4 Å². The van der Waals surface area contributed by atoms with Crippen molar-refractivity contribution < 1.29 is 9.59 Å². The van der Waals surface area contributed by atoms with Gasteiger partial charge >= 0.3 is 0 Å². The Hall–Kier alpha value is -1.85. The van der Waals surface area contributed by atoms with Crippen LogP contribution < -0.4 is 10.2 Å². The van der Waals surface area contributed by atoms with Crippen molar-refractivity contribution in [2.45, 2.75) is 6.92 Å². The molecule has 0 fully saturated rings. The lowest BCUT2D eigenvalue weighted by Crippen LogP contribution is -2.36. The molecule has 22 heavy (non-hydrogen) atoms. The average molecular weight is 382 g/mol. The highest BCUT2D eigenvalue weighted by Gasteiger charge is 2.18. The number of nitrogens with one attached hydrogen (secondary N) is 1. The molecule has 2 rings (SSSR count). The van der Waals surface area contributed by atoms with Gasteiger partial charge in [-0.05, 0) is 36.4 Å². The summed E-state index contributed by atoms with van der Waals surface area (Å²) in [6.07, 6.45) is 0. The fourth-order valence-corrected chi connectivity index (χ4v) is 2.42. The molecule has 0 unspecified atom stereocenters. The second-order valence-electron chi connectivity index (χ2n) is 4.61. The number of benzene rings is 2. The SMILES string of the molecule is CC(=O)N(CC(=O)Nc1ccc(Br)cc1)c1ccccc1Cl. The van der Waals surface area contributed by atoms with Gasteiger partial charge in [0.2, 0.25) is 11.8 Å². The molecule has 0 bridgehead atoms. The summed E-state index contributed by atoms with van der Waals surface area (Å²) in [6, 6.07) is 14.1. The third-order valence-electron chi connectivity index (χ3n) is 2.95. The Morgan fingerprint density at radius 1 is 1.14 bits per heavy atom. The van der Waals surface area contributed by atoms with E-state index >= 15 is 0 Å². The van der Waals surface area contributed by atoms with Crippen LogP contribution in [0.2, 0.25) is 5.02 Å². The maximum atomic E-state index is 12.1. The third-order valence-corrected chi connectivity index (χ3v) is 3.80. The summed E-state index contributed by atoms with van der Waals surface area (Å²) in [7, 11) is 0. The topological polar surface area (TPSA) is 49.4 Å². The number of amides is 2. The first kappa shape index (κ1) is 16.5. The van der Waals surface area contributed by atoms with Crippen LogP contribution in [0, 0.1) is 0 Å². The van der Waals surface area contributed by atoms with E-state index in [0.717, 1.165) is 4.47 Å². The molecule has 0 aliphatic carbocycles. The van der Waals surface area contributed by atoms with Crippen LogP contribution in [0.1, 0.15) is 6.92 Å². The van der Waals surface area contributed by atoms with E-state index in [4.69, 9.17) is 11.6 Å². The first-order chi connectivity index (χ1) is 10.5. The third kappa shape index (κ3) is 4.32. The average Bonchev–Trinajstić information content (AvgIpc) is 2.48. The van der Waals surface area contributed by atoms with Crippen LogP contribution in [0.15, 0.2) is 53.0 Å². The lowest BCUT2D eigenvalue weighted by atomic mass is 10.2. The van der Waals surface area contributed by atoms with E-state index in [0.29, 0.717) is 16.4 Å². The van der Waals surface area contributed by atoms with Crippen LogP contribution in [-0.4, -0.2) is 18.4 Å². The van der Waals surface area contributed by atoms with Gasteiger partial charge in [-0.3, -0.25) is 9.59 Å². The molecule has 114 valence electrons. The van der Waals surface area contributed by atoms with Crippen LogP contribution >= 0.6 is 27.5 Å². The molecule has 2 aromatic carbocycles. The van der Waals surface area contributed by atoms with Crippen molar-refractivity contribution in [3.05, 3.63) is 58.0 Å². The molecule has 0 heterocycles. The summed E-state index contributed by atoms with van der Waals surface area (Å²) >= 11 is 9.42. The Labute approximate surface area is 142 Å². The molecule has 1 N–H and O–H groups in total. The predicted molar refractivity (Wildman–Crippen MR) is 92.3 cm³/mol. The number of halogens is 2. The van der Waals surface area contributed by atoms with Gasteiger partial charge in [0.25, 0.3) is 0 Å². The molecular weight excluding hydrogens is 368 g/mol. The van der Waals surface area contributed by atoms with Crippen LogP contribution in [0.25, 0.3) is 0 Å². The maximum Gasteiger partial charge on any atom is 0.244 e. The summed E-state index contributed by atoms with van der Waals surface area (Å²) in [5.74, 6) is -0.545. The zero-order valence-electron chi connectivity index (χ0n) is 11.8. The number of rotatable bonds is 4. The van der Waals surface area contributed by atoms with Crippen molar-refractivity contribution in [1.29, 1.82) is 0 Å². The summed E-state index contributed by atoms with van der Waals surface area (Å²) in [5, 5.41) is 3.17. The van der Waals surface area contributed by atoms with Crippen LogP contribution in [0.4, 0.5) is 11.4 Å². The minimum atomic E-state index is -0.294. The molecule has 0 saturated carbocycles. The molecule has 2 aromatic rings. The monoisotopic (exact) mass is 380 g/mol. The molecule has 4 nitrogen and oxygen atoms in total. The second kappa shape index (κ2) is 7.42. The van der Waals surface area contributed by atoms with Gasteiger partial charge in [0, 0.05) is 17.1 Å². The minimum Gasteiger partial charge on any atom is -0.325 e. The second-order valence-corrected chi connectivity index (χ2v) is 5.93. The Morgan fingerprint density at radius 2 is 1.77 bits per heavy atom. The Morgan fingerprint density at radius 3 is 2.36 bits per heavy atom. The highest BCUT2D eigenvalue weighted by Crippen LogP contribution is 2.25. The number of anilines is 2. The van der Waals surface area contributed by atoms with Crippen molar-refractivity contribution in [1.82, 2.24) is 0 Å². The zero-order valence-corrected chi connectivity index (χ0v) is 14.2. The predicted octanol–water partition coefficient (Wildman–Crippen LogP) is 4.09. The summed E-state index contributed by atoms with van der Waals surface area (Å²) < 4.78 is 0.923. The highest BCUT2D eigenvalue weighted by molar-refractivity contribution is 9.10. The van der Waals surface area contributed by atoms with E-state index in [1.54, 1.807) is 36.4 Å². The number of carbonyl (C=O) groups is 2. The first-order valence-corrected chi connectivity index (χ1v) is 7.72. The van der Waals surface area contributed by atoms with Gasteiger partial charge in [-0.2, -0.15) is 0 Å². The highest BCUT2D eigenvalue weighted by atomic mass is 79.9. The van der Waals surface area contributed by atoms with Gasteiger partial charge < -0.3 is 10.2 Å². The molecule has 6 heteroatoms. The van der Waals surface area contributed by atoms with E-state index in [1.165, 1.54) is 11.8 Å². The van der Waals surface area contributed by atoms with E-state index in [2.05, 4.69) is 21.2 Å². The van der Waals surface area contributed by atoms with Crippen molar-refractivity contribution >= 4 is 50.7 Å². The van der Waals surface area contributed by atoms with Crippen LogP contribution in [0.5, 0.6) is 0 Å². The zero-order chi connectivity index (χ0) is 16.1. The normalized spacial score (nSPS) is 10.1. The minimum absolute atomic E-state index is 0.102. The molecule has 0 atom stereocenters. The molecule has 0 spiro atoms. The van der Waals surface area contributed by atoms with Crippen LogP contribution in [0.3, 0.4) is 0 Å². The fourth-order valence-electron chi connectivity index (χ4n) is 1.91. The van der Waals surface area contributed by atoms with Gasteiger partial charge in [-0.15, -0.1) is 0 Å². The van der Waals surface area contributed by atoms with Gasteiger partial charge in [0.05, 0.1) is 10.7 Å². The molecule has 2 amide bonds. The Bertz CT molecular complexity index is 689. The summed E-state index contributed by atoms with van der Waals surface area (Å²) in [5.41, 5.74) is 1.18. The molecule has 0 aromatic heterocycles. The maximum absolute atomic E-state index is 12.1. The number of nitrogens with zero attached hydrogens (tertiary/aromatic N) is 1. The van der Waals surface area contributed by atoms with Crippen molar-refractivity contribution in [3.8, 4) is 0 Å². The molecule has 0 aliphatic heterocycles. The Kier molecular flexibility index (Phi) is 5.57.